The molecule has 98 valence electrons. The van der Waals surface area contributed by atoms with Gasteiger partial charge in [-0.1, -0.05) is 30.3 Å². The van der Waals surface area contributed by atoms with E-state index >= 15 is 0 Å². The Hall–Kier alpha value is -2.81. The first-order valence-corrected chi connectivity index (χ1v) is 6.34. The van der Waals surface area contributed by atoms with Gasteiger partial charge in [0.1, 0.15) is 5.75 Å². The van der Waals surface area contributed by atoms with Crippen molar-refractivity contribution in [2.45, 2.75) is 0 Å². The van der Waals surface area contributed by atoms with Crippen LogP contribution in [0.1, 0.15) is 10.4 Å². The van der Waals surface area contributed by atoms with Crippen molar-refractivity contribution in [3.05, 3.63) is 76.8 Å². The van der Waals surface area contributed by atoms with Crippen molar-refractivity contribution in [3.63, 3.8) is 0 Å². The van der Waals surface area contributed by atoms with Crippen LogP contribution in [0.25, 0.3) is 12.3 Å². The van der Waals surface area contributed by atoms with Crippen molar-refractivity contribution in [3.8, 4) is 5.75 Å². The lowest BCUT2D eigenvalue weighted by atomic mass is 10.2. The predicted molar refractivity (Wildman–Crippen MR) is 78.3 cm³/mol. The van der Waals surface area contributed by atoms with Gasteiger partial charge in [0.25, 0.3) is 0 Å². The summed E-state index contributed by atoms with van der Waals surface area (Å²) < 4.78 is 5.50. The second-order valence-electron chi connectivity index (χ2n) is 4.35. The second kappa shape index (κ2) is 5.45. The first-order valence-electron chi connectivity index (χ1n) is 6.34. The minimum atomic E-state index is -0.353. The third-order valence-electron chi connectivity index (χ3n) is 3.01. The molecule has 0 aliphatic carbocycles. The zero-order valence-corrected chi connectivity index (χ0v) is 10.7. The number of hydrogen-bond acceptors (Lipinski definition) is 3. The van der Waals surface area contributed by atoms with E-state index in [0.717, 1.165) is 10.4 Å². The molecule has 1 aliphatic rings. The highest BCUT2D eigenvalue weighted by atomic mass is 16.5. The van der Waals surface area contributed by atoms with Crippen molar-refractivity contribution in [1.82, 2.24) is 5.32 Å². The SMILES string of the molecule is O=C(Oc1cccc2c1=CC=CNC=2)c1ccccc1. The minimum absolute atomic E-state index is 0.353. The molecule has 3 rings (SSSR count). The molecule has 0 atom stereocenters. The zero-order chi connectivity index (χ0) is 13.8. The maximum atomic E-state index is 12.1. The molecule has 20 heavy (non-hydrogen) atoms. The van der Waals surface area contributed by atoms with E-state index < -0.39 is 0 Å². The van der Waals surface area contributed by atoms with E-state index in [0.29, 0.717) is 11.3 Å². The fourth-order valence-electron chi connectivity index (χ4n) is 2.03. The van der Waals surface area contributed by atoms with Crippen LogP contribution < -0.4 is 20.5 Å². The lowest BCUT2D eigenvalue weighted by molar-refractivity contribution is 0.0733. The van der Waals surface area contributed by atoms with Gasteiger partial charge in [-0.15, -0.1) is 0 Å². The maximum Gasteiger partial charge on any atom is 0.343 e. The van der Waals surface area contributed by atoms with E-state index in [1.54, 1.807) is 18.2 Å². The molecule has 2 aromatic carbocycles. The molecule has 3 nitrogen and oxygen atoms in total. The Kier molecular flexibility index (Phi) is 3.33. The van der Waals surface area contributed by atoms with Crippen LogP contribution in [0.4, 0.5) is 0 Å². The molecule has 1 heterocycles. The van der Waals surface area contributed by atoms with Gasteiger partial charge in [0.05, 0.1) is 5.56 Å². The van der Waals surface area contributed by atoms with Crippen LogP contribution in [0.15, 0.2) is 60.8 Å². The quantitative estimate of drug-likeness (QED) is 0.660. The Morgan fingerprint density at radius 3 is 2.70 bits per heavy atom. The Bertz CT molecular complexity index is 776. The van der Waals surface area contributed by atoms with Crippen LogP contribution in [0, 0.1) is 0 Å². The Morgan fingerprint density at radius 2 is 1.85 bits per heavy atom. The van der Waals surface area contributed by atoms with Crippen molar-refractivity contribution in [1.29, 1.82) is 0 Å². The normalized spacial score (nSPS) is 12.2. The highest BCUT2D eigenvalue weighted by molar-refractivity contribution is 5.91. The van der Waals surface area contributed by atoms with Gasteiger partial charge in [-0.25, -0.2) is 4.79 Å². The fraction of sp³-hybridized carbons (Fsp3) is 0. The van der Waals surface area contributed by atoms with Crippen molar-refractivity contribution >= 4 is 18.2 Å². The summed E-state index contributed by atoms with van der Waals surface area (Å²) in [6.45, 7) is 0. The lowest BCUT2D eigenvalue weighted by Crippen LogP contribution is -2.28. The number of rotatable bonds is 2. The van der Waals surface area contributed by atoms with Gasteiger partial charge in [0.2, 0.25) is 0 Å². The van der Waals surface area contributed by atoms with Gasteiger partial charge in [0, 0.05) is 22.8 Å². The molecule has 0 spiro atoms. The number of fused-ring (bicyclic) bond motifs is 1. The van der Waals surface area contributed by atoms with Gasteiger partial charge in [-0.3, -0.25) is 0 Å². The highest BCUT2D eigenvalue weighted by Crippen LogP contribution is 2.06. The highest BCUT2D eigenvalue weighted by Gasteiger charge is 2.08. The summed E-state index contributed by atoms with van der Waals surface area (Å²) >= 11 is 0. The molecule has 0 saturated carbocycles. The summed E-state index contributed by atoms with van der Waals surface area (Å²) in [7, 11) is 0. The van der Waals surface area contributed by atoms with Crippen LogP contribution in [-0.4, -0.2) is 5.97 Å². The molecular weight excluding hydrogens is 250 g/mol. The van der Waals surface area contributed by atoms with E-state index in [4.69, 9.17) is 4.74 Å². The van der Waals surface area contributed by atoms with E-state index in [2.05, 4.69) is 5.32 Å². The van der Waals surface area contributed by atoms with Crippen molar-refractivity contribution < 1.29 is 9.53 Å². The van der Waals surface area contributed by atoms with Crippen LogP contribution in [0.2, 0.25) is 0 Å². The van der Waals surface area contributed by atoms with Gasteiger partial charge in [-0.2, -0.15) is 0 Å². The molecule has 2 aromatic rings. The number of benzene rings is 2. The average molecular weight is 263 g/mol. The number of carbonyl (C=O) groups excluding carboxylic acids is 1. The smallest absolute Gasteiger partial charge is 0.343 e. The molecule has 0 unspecified atom stereocenters. The Morgan fingerprint density at radius 1 is 1.00 bits per heavy atom. The van der Waals surface area contributed by atoms with Gasteiger partial charge >= 0.3 is 5.97 Å². The standard InChI is InChI=1S/C17H13NO2/c19-17(13-6-2-1-3-7-13)20-16-10-4-8-14-12-18-11-5-9-15(14)16/h1-12,18H. The summed E-state index contributed by atoms with van der Waals surface area (Å²) in [6, 6.07) is 14.6. The first-order chi connectivity index (χ1) is 9.84. The molecule has 0 bridgehead atoms. The molecule has 0 aromatic heterocycles. The summed E-state index contributed by atoms with van der Waals surface area (Å²) in [4.78, 5) is 12.1. The first kappa shape index (κ1) is 12.2. The van der Waals surface area contributed by atoms with Crippen molar-refractivity contribution in [2.75, 3.05) is 0 Å². The summed E-state index contributed by atoms with van der Waals surface area (Å²) in [5, 5.41) is 4.91. The topological polar surface area (TPSA) is 38.3 Å². The van der Waals surface area contributed by atoms with Crippen LogP contribution in [-0.2, 0) is 0 Å². The maximum absolute atomic E-state index is 12.1. The molecular formula is C17H13NO2. The molecule has 1 N–H and O–H groups in total. The van der Waals surface area contributed by atoms with Gasteiger partial charge in [0.15, 0.2) is 0 Å². The number of nitrogens with one attached hydrogen (secondary N) is 1. The van der Waals surface area contributed by atoms with E-state index in [-0.39, 0.29) is 5.97 Å². The summed E-state index contributed by atoms with van der Waals surface area (Å²) in [6.07, 6.45) is 7.49. The third kappa shape index (κ3) is 2.47. The number of hydrogen-bond donors (Lipinski definition) is 1. The third-order valence-corrected chi connectivity index (χ3v) is 3.01. The molecule has 0 radical (unpaired) electrons. The molecule has 0 fully saturated rings. The second-order valence-corrected chi connectivity index (χ2v) is 4.35. The van der Waals surface area contributed by atoms with Crippen LogP contribution >= 0.6 is 0 Å². The van der Waals surface area contributed by atoms with Crippen molar-refractivity contribution in [2.24, 2.45) is 0 Å². The average Bonchev–Trinajstić information content (AvgIpc) is 2.74. The zero-order valence-electron chi connectivity index (χ0n) is 10.7. The monoisotopic (exact) mass is 263 g/mol. The fourth-order valence-corrected chi connectivity index (χ4v) is 2.03. The summed E-state index contributed by atoms with van der Waals surface area (Å²) in [5.74, 6) is 0.203. The van der Waals surface area contributed by atoms with E-state index in [9.17, 15) is 4.79 Å². The Balaban J connectivity index is 1.99. The van der Waals surface area contributed by atoms with Gasteiger partial charge < -0.3 is 10.1 Å². The largest absolute Gasteiger partial charge is 0.422 e. The molecule has 0 saturated heterocycles. The van der Waals surface area contributed by atoms with Crippen LogP contribution in [0.3, 0.4) is 0 Å². The minimum Gasteiger partial charge on any atom is -0.422 e. The number of carbonyl (C=O) groups is 1. The van der Waals surface area contributed by atoms with Crippen LogP contribution in [0.5, 0.6) is 5.75 Å². The molecule has 3 heteroatoms. The van der Waals surface area contributed by atoms with E-state index in [1.165, 1.54) is 0 Å². The molecule has 1 aliphatic heterocycles. The summed E-state index contributed by atoms with van der Waals surface area (Å²) in [5.41, 5.74) is 0.538. The predicted octanol–water partition coefficient (Wildman–Crippen LogP) is 1.54. The number of ether oxygens (including phenoxy) is 1. The Labute approximate surface area is 116 Å². The lowest BCUT2D eigenvalue weighted by Gasteiger charge is -2.05. The van der Waals surface area contributed by atoms with Gasteiger partial charge in [-0.05, 0) is 30.4 Å². The number of allylic oxidation sites excluding steroid dienone is 1. The number of esters is 1. The van der Waals surface area contributed by atoms with E-state index in [1.807, 2.05) is 54.9 Å². The molecule has 0 amide bonds.